The molecule has 1 nitrogen and oxygen atoms in total. The summed E-state index contributed by atoms with van der Waals surface area (Å²) in [6.45, 7) is 5.61. The minimum atomic E-state index is -0.496. The van der Waals surface area contributed by atoms with E-state index >= 15 is 0 Å². The van der Waals surface area contributed by atoms with Gasteiger partial charge in [0.05, 0.1) is 5.02 Å². The Bertz CT molecular complexity index is 328. The molecule has 0 aliphatic carbocycles. The molecule has 0 amide bonds. The van der Waals surface area contributed by atoms with Crippen molar-refractivity contribution in [3.05, 3.63) is 28.5 Å². The summed E-state index contributed by atoms with van der Waals surface area (Å²) in [5.41, 5.74) is 0.0951. The van der Waals surface area contributed by atoms with Crippen molar-refractivity contribution in [3.63, 3.8) is 0 Å². The summed E-state index contributed by atoms with van der Waals surface area (Å²) in [6, 6.07) is 2.48. The van der Waals surface area contributed by atoms with E-state index in [0.717, 1.165) is 6.07 Å². The van der Waals surface area contributed by atoms with Crippen LogP contribution in [-0.4, -0.2) is 5.11 Å². The molecule has 1 N–H and O–H groups in total. The summed E-state index contributed by atoms with van der Waals surface area (Å²) >= 11 is 5.75. The van der Waals surface area contributed by atoms with Gasteiger partial charge in [-0.3, -0.25) is 0 Å². The van der Waals surface area contributed by atoms with Gasteiger partial charge in [-0.25, -0.2) is 4.39 Å². The van der Waals surface area contributed by atoms with Crippen molar-refractivity contribution in [2.45, 2.75) is 26.2 Å². The van der Waals surface area contributed by atoms with Gasteiger partial charge in [0.25, 0.3) is 0 Å². The first kappa shape index (κ1) is 10.3. The Balaban J connectivity index is 3.43. The molecule has 0 saturated heterocycles. The quantitative estimate of drug-likeness (QED) is 0.683. The summed E-state index contributed by atoms with van der Waals surface area (Å²) in [5.74, 6) is -0.455. The maximum absolute atomic E-state index is 13.0. The summed E-state index contributed by atoms with van der Waals surface area (Å²) in [6.07, 6.45) is 0. The van der Waals surface area contributed by atoms with Crippen molar-refractivity contribution >= 4 is 11.6 Å². The molecule has 0 spiro atoms. The Morgan fingerprint density at radius 1 is 1.31 bits per heavy atom. The number of benzene rings is 1. The second-order valence-corrected chi connectivity index (χ2v) is 4.38. The van der Waals surface area contributed by atoms with E-state index in [-0.39, 0.29) is 16.2 Å². The predicted octanol–water partition coefficient (Wildman–Crippen LogP) is 3.48. The molecule has 72 valence electrons. The molecule has 0 heterocycles. The first-order valence-corrected chi connectivity index (χ1v) is 4.39. The van der Waals surface area contributed by atoms with Crippen LogP contribution >= 0.6 is 11.6 Å². The molecule has 0 aromatic heterocycles. The van der Waals surface area contributed by atoms with Gasteiger partial charge in [-0.05, 0) is 17.5 Å². The number of hydrogen-bond acceptors (Lipinski definition) is 1. The largest absolute Gasteiger partial charge is 0.508 e. The number of rotatable bonds is 0. The van der Waals surface area contributed by atoms with E-state index in [2.05, 4.69) is 0 Å². The second kappa shape index (κ2) is 3.18. The molecule has 1 aromatic carbocycles. The van der Waals surface area contributed by atoms with E-state index in [1.807, 2.05) is 20.8 Å². The Labute approximate surface area is 82.2 Å². The van der Waals surface area contributed by atoms with Gasteiger partial charge in [0.1, 0.15) is 11.6 Å². The zero-order chi connectivity index (χ0) is 10.2. The lowest BCUT2D eigenvalue weighted by Gasteiger charge is -2.21. The molecule has 3 heteroatoms. The van der Waals surface area contributed by atoms with Crippen molar-refractivity contribution in [2.75, 3.05) is 0 Å². The van der Waals surface area contributed by atoms with Gasteiger partial charge in [-0.2, -0.15) is 0 Å². The van der Waals surface area contributed by atoms with Gasteiger partial charge in [-0.1, -0.05) is 32.4 Å². The molecular weight excluding hydrogens is 191 g/mol. The van der Waals surface area contributed by atoms with Crippen molar-refractivity contribution in [1.29, 1.82) is 0 Å². The maximum Gasteiger partial charge on any atom is 0.142 e. The highest BCUT2D eigenvalue weighted by Crippen LogP contribution is 2.37. The average Bonchev–Trinajstić information content (AvgIpc) is 1.95. The highest BCUT2D eigenvalue weighted by atomic mass is 35.5. The molecule has 0 radical (unpaired) electrons. The van der Waals surface area contributed by atoms with E-state index in [4.69, 9.17) is 11.6 Å². The van der Waals surface area contributed by atoms with Gasteiger partial charge in [-0.15, -0.1) is 0 Å². The smallest absolute Gasteiger partial charge is 0.142 e. The lowest BCUT2D eigenvalue weighted by Crippen LogP contribution is -2.12. The SMILES string of the molecule is CC(C)(C)c1c(O)ccc(F)c1Cl. The molecule has 0 atom stereocenters. The van der Waals surface area contributed by atoms with E-state index < -0.39 is 5.82 Å². The molecule has 0 aliphatic heterocycles. The van der Waals surface area contributed by atoms with Gasteiger partial charge in [0, 0.05) is 5.56 Å². The van der Waals surface area contributed by atoms with E-state index in [9.17, 15) is 9.50 Å². The van der Waals surface area contributed by atoms with Crippen LogP contribution in [0.5, 0.6) is 5.75 Å². The fraction of sp³-hybridized carbons (Fsp3) is 0.400. The molecule has 13 heavy (non-hydrogen) atoms. The zero-order valence-electron chi connectivity index (χ0n) is 7.86. The van der Waals surface area contributed by atoms with E-state index in [0.29, 0.717) is 5.56 Å². The zero-order valence-corrected chi connectivity index (χ0v) is 8.61. The predicted molar refractivity (Wildman–Crippen MR) is 51.8 cm³/mol. The summed E-state index contributed by atoms with van der Waals surface area (Å²) in [5, 5.41) is 9.51. The van der Waals surface area contributed by atoms with Crippen LogP contribution in [0.15, 0.2) is 12.1 Å². The number of aromatic hydroxyl groups is 1. The van der Waals surface area contributed by atoms with Crippen LogP contribution in [0.4, 0.5) is 4.39 Å². The van der Waals surface area contributed by atoms with Gasteiger partial charge in [0.2, 0.25) is 0 Å². The van der Waals surface area contributed by atoms with Crippen LogP contribution in [0.2, 0.25) is 5.02 Å². The normalized spacial score (nSPS) is 11.8. The van der Waals surface area contributed by atoms with Crippen molar-refractivity contribution < 1.29 is 9.50 Å². The Kier molecular flexibility index (Phi) is 2.53. The van der Waals surface area contributed by atoms with Gasteiger partial charge >= 0.3 is 0 Å². The highest BCUT2D eigenvalue weighted by Gasteiger charge is 2.23. The van der Waals surface area contributed by atoms with Crippen LogP contribution in [0, 0.1) is 5.82 Å². The third kappa shape index (κ3) is 1.94. The molecule has 1 aromatic rings. The minimum Gasteiger partial charge on any atom is -0.508 e. The van der Waals surface area contributed by atoms with Crippen molar-refractivity contribution in [3.8, 4) is 5.75 Å². The van der Waals surface area contributed by atoms with Crippen LogP contribution in [0.3, 0.4) is 0 Å². The number of phenolic OH excluding ortho intramolecular Hbond substituents is 1. The molecular formula is C10H12ClFO. The Morgan fingerprint density at radius 3 is 2.23 bits per heavy atom. The van der Waals surface area contributed by atoms with Gasteiger partial charge in [0.15, 0.2) is 0 Å². The first-order chi connectivity index (χ1) is 5.84. The molecule has 0 aliphatic rings. The van der Waals surface area contributed by atoms with Crippen molar-refractivity contribution in [2.24, 2.45) is 0 Å². The number of hydrogen-bond donors (Lipinski definition) is 1. The summed E-state index contributed by atoms with van der Waals surface area (Å²) in [4.78, 5) is 0. The first-order valence-electron chi connectivity index (χ1n) is 4.01. The summed E-state index contributed by atoms with van der Waals surface area (Å²) < 4.78 is 13.0. The molecule has 1 rings (SSSR count). The number of phenols is 1. The third-order valence-electron chi connectivity index (χ3n) is 1.82. The fourth-order valence-corrected chi connectivity index (χ4v) is 1.70. The fourth-order valence-electron chi connectivity index (χ4n) is 1.25. The Hall–Kier alpha value is -0.760. The third-order valence-corrected chi connectivity index (χ3v) is 2.19. The maximum atomic E-state index is 13.0. The molecule has 0 saturated carbocycles. The van der Waals surface area contributed by atoms with E-state index in [1.165, 1.54) is 6.07 Å². The standard InChI is InChI=1S/C10H12ClFO/c1-10(2,3)8-7(13)5-4-6(12)9(8)11/h4-5,13H,1-3H3. The monoisotopic (exact) mass is 202 g/mol. The van der Waals surface area contributed by atoms with Crippen molar-refractivity contribution in [1.82, 2.24) is 0 Å². The number of halogens is 2. The van der Waals surface area contributed by atoms with Crippen LogP contribution < -0.4 is 0 Å². The minimum absolute atomic E-state index is 0.00694. The van der Waals surface area contributed by atoms with Crippen LogP contribution in [-0.2, 0) is 5.41 Å². The van der Waals surface area contributed by atoms with E-state index in [1.54, 1.807) is 0 Å². The lowest BCUT2D eigenvalue weighted by atomic mass is 9.86. The topological polar surface area (TPSA) is 20.2 Å². The summed E-state index contributed by atoms with van der Waals surface area (Å²) in [7, 11) is 0. The molecule has 0 unspecified atom stereocenters. The lowest BCUT2D eigenvalue weighted by molar-refractivity contribution is 0.443. The highest BCUT2D eigenvalue weighted by molar-refractivity contribution is 6.31. The molecule has 0 fully saturated rings. The molecule has 0 bridgehead atoms. The van der Waals surface area contributed by atoms with Crippen LogP contribution in [0.1, 0.15) is 26.3 Å². The second-order valence-electron chi connectivity index (χ2n) is 4.01. The van der Waals surface area contributed by atoms with Crippen LogP contribution in [0.25, 0.3) is 0 Å². The Morgan fingerprint density at radius 2 is 1.85 bits per heavy atom. The average molecular weight is 203 g/mol. The van der Waals surface area contributed by atoms with Gasteiger partial charge < -0.3 is 5.11 Å².